The molecule has 2 aromatic rings. The van der Waals surface area contributed by atoms with Crippen LogP contribution in [0.25, 0.3) is 11.1 Å². The van der Waals surface area contributed by atoms with Crippen LogP contribution >= 0.6 is 22.9 Å². The minimum Gasteiger partial charge on any atom is -0.206 e. The van der Waals surface area contributed by atoms with Gasteiger partial charge in [-0.15, -0.1) is 11.3 Å². The molecule has 0 nitrogen and oxygen atoms in total. The molecule has 16 heavy (non-hydrogen) atoms. The van der Waals surface area contributed by atoms with Gasteiger partial charge in [0.1, 0.15) is 5.82 Å². The summed E-state index contributed by atoms with van der Waals surface area (Å²) in [6.07, 6.45) is 1.95. The van der Waals surface area contributed by atoms with Gasteiger partial charge in [0.25, 0.3) is 0 Å². The third-order valence-electron chi connectivity index (χ3n) is 2.45. The van der Waals surface area contributed by atoms with E-state index in [1.54, 1.807) is 12.1 Å². The van der Waals surface area contributed by atoms with Crippen molar-refractivity contribution in [2.45, 2.75) is 19.8 Å². The van der Waals surface area contributed by atoms with Gasteiger partial charge >= 0.3 is 0 Å². The van der Waals surface area contributed by atoms with E-state index in [4.69, 9.17) is 11.6 Å². The topological polar surface area (TPSA) is 0 Å². The Morgan fingerprint density at radius 1 is 1.31 bits per heavy atom. The number of aryl methyl sites for hydroxylation is 1. The molecule has 1 aromatic carbocycles. The van der Waals surface area contributed by atoms with Gasteiger partial charge in [-0.25, -0.2) is 4.39 Å². The second-order valence-electron chi connectivity index (χ2n) is 3.70. The van der Waals surface area contributed by atoms with Crippen molar-refractivity contribution < 1.29 is 4.39 Å². The summed E-state index contributed by atoms with van der Waals surface area (Å²) in [6, 6.07) is 7.22. The molecule has 0 aliphatic carbocycles. The van der Waals surface area contributed by atoms with Crippen LogP contribution in [0.4, 0.5) is 4.39 Å². The van der Waals surface area contributed by atoms with Gasteiger partial charge in [0.2, 0.25) is 0 Å². The van der Waals surface area contributed by atoms with Gasteiger partial charge in [-0.1, -0.05) is 37.1 Å². The molecule has 0 radical (unpaired) electrons. The lowest BCUT2D eigenvalue weighted by Crippen LogP contribution is -1.88. The van der Waals surface area contributed by atoms with Crippen LogP contribution < -0.4 is 0 Å². The first-order valence-corrected chi connectivity index (χ1v) is 6.49. The van der Waals surface area contributed by atoms with E-state index in [0.717, 1.165) is 24.0 Å². The monoisotopic (exact) mass is 254 g/mol. The zero-order chi connectivity index (χ0) is 11.5. The van der Waals surface area contributed by atoms with Gasteiger partial charge in [-0.3, -0.25) is 0 Å². The molecule has 0 bridgehead atoms. The molecule has 1 aromatic heterocycles. The largest absolute Gasteiger partial charge is 0.206 e. The number of hydrogen-bond donors (Lipinski definition) is 0. The summed E-state index contributed by atoms with van der Waals surface area (Å²) in [7, 11) is 0. The molecule has 0 atom stereocenters. The number of thiophene rings is 1. The molecular weight excluding hydrogens is 243 g/mol. The lowest BCUT2D eigenvalue weighted by molar-refractivity contribution is 0.628. The van der Waals surface area contributed by atoms with E-state index >= 15 is 0 Å². The summed E-state index contributed by atoms with van der Waals surface area (Å²) in [4.78, 5) is 0. The van der Waals surface area contributed by atoms with Crippen molar-refractivity contribution in [1.82, 2.24) is 0 Å². The fraction of sp³-hybridized carbons (Fsp3) is 0.231. The second-order valence-corrected chi connectivity index (χ2v) is 5.25. The van der Waals surface area contributed by atoms with Gasteiger partial charge in [0.15, 0.2) is 0 Å². The zero-order valence-electron chi connectivity index (χ0n) is 8.97. The molecule has 0 unspecified atom stereocenters. The predicted molar refractivity (Wildman–Crippen MR) is 68.7 cm³/mol. The SMILES string of the molecule is CCCc1ccc(-c2csc(Cl)c2)c(F)c1. The fourth-order valence-electron chi connectivity index (χ4n) is 1.69. The van der Waals surface area contributed by atoms with Gasteiger partial charge in [0.05, 0.1) is 4.34 Å². The van der Waals surface area contributed by atoms with E-state index < -0.39 is 0 Å². The Hall–Kier alpha value is -0.860. The second kappa shape index (κ2) is 4.98. The predicted octanol–water partition coefficient (Wildman–Crippen LogP) is 5.16. The highest BCUT2D eigenvalue weighted by molar-refractivity contribution is 7.14. The summed E-state index contributed by atoms with van der Waals surface area (Å²) < 4.78 is 14.5. The lowest BCUT2D eigenvalue weighted by Gasteiger charge is -2.03. The summed E-state index contributed by atoms with van der Waals surface area (Å²) in [5.74, 6) is -0.166. The van der Waals surface area contributed by atoms with Crippen LogP contribution in [0.5, 0.6) is 0 Å². The summed E-state index contributed by atoms with van der Waals surface area (Å²) in [5, 5.41) is 1.88. The van der Waals surface area contributed by atoms with Gasteiger partial charge in [0, 0.05) is 10.9 Å². The average Bonchev–Trinajstić information content (AvgIpc) is 2.65. The highest BCUT2D eigenvalue weighted by Gasteiger charge is 2.07. The molecule has 0 aliphatic heterocycles. The quantitative estimate of drug-likeness (QED) is 0.710. The van der Waals surface area contributed by atoms with Crippen molar-refractivity contribution in [2.24, 2.45) is 0 Å². The van der Waals surface area contributed by atoms with Crippen molar-refractivity contribution in [3.05, 3.63) is 45.4 Å². The Balaban J connectivity index is 2.36. The molecule has 0 spiro atoms. The van der Waals surface area contributed by atoms with Crippen molar-refractivity contribution >= 4 is 22.9 Å². The van der Waals surface area contributed by atoms with Crippen LogP contribution in [0.3, 0.4) is 0 Å². The zero-order valence-corrected chi connectivity index (χ0v) is 10.5. The van der Waals surface area contributed by atoms with Crippen LogP contribution in [-0.2, 0) is 6.42 Å². The maximum atomic E-state index is 13.8. The normalized spacial score (nSPS) is 10.7. The number of benzene rings is 1. The third kappa shape index (κ3) is 2.45. The van der Waals surface area contributed by atoms with Crippen LogP contribution in [-0.4, -0.2) is 0 Å². The highest BCUT2D eigenvalue weighted by Crippen LogP contribution is 2.30. The smallest absolute Gasteiger partial charge is 0.131 e. The summed E-state index contributed by atoms with van der Waals surface area (Å²) in [6.45, 7) is 2.09. The number of halogens is 2. The lowest BCUT2D eigenvalue weighted by atomic mass is 10.0. The van der Waals surface area contributed by atoms with Gasteiger partial charge in [-0.05, 0) is 29.7 Å². The maximum absolute atomic E-state index is 13.8. The van der Waals surface area contributed by atoms with Crippen LogP contribution in [0, 0.1) is 5.82 Å². The van der Waals surface area contributed by atoms with Gasteiger partial charge in [-0.2, -0.15) is 0 Å². The minimum atomic E-state index is -0.166. The van der Waals surface area contributed by atoms with Crippen molar-refractivity contribution in [3.8, 4) is 11.1 Å². The molecule has 2 rings (SSSR count). The van der Waals surface area contributed by atoms with Crippen LogP contribution in [0.2, 0.25) is 4.34 Å². The molecular formula is C13H12ClFS. The van der Waals surface area contributed by atoms with Gasteiger partial charge < -0.3 is 0 Å². The molecule has 0 amide bonds. The summed E-state index contributed by atoms with van der Waals surface area (Å²) >= 11 is 7.26. The van der Waals surface area contributed by atoms with Crippen molar-refractivity contribution in [3.63, 3.8) is 0 Å². The Labute approximate surface area is 104 Å². The average molecular weight is 255 g/mol. The number of rotatable bonds is 3. The standard InChI is InChI=1S/C13H12ClFS/c1-2-3-9-4-5-11(12(15)6-9)10-7-13(14)16-8-10/h4-8H,2-3H2,1H3. The Kier molecular flexibility index (Phi) is 3.62. The van der Waals surface area contributed by atoms with Crippen LogP contribution in [0.1, 0.15) is 18.9 Å². The molecule has 0 fully saturated rings. The first-order valence-electron chi connectivity index (χ1n) is 5.23. The maximum Gasteiger partial charge on any atom is 0.131 e. The van der Waals surface area contributed by atoms with E-state index in [1.165, 1.54) is 11.3 Å². The molecule has 0 aliphatic rings. The number of hydrogen-bond acceptors (Lipinski definition) is 1. The molecule has 0 saturated heterocycles. The molecule has 3 heteroatoms. The van der Waals surface area contributed by atoms with Crippen molar-refractivity contribution in [2.75, 3.05) is 0 Å². The molecule has 84 valence electrons. The van der Waals surface area contributed by atoms with E-state index in [1.807, 2.05) is 17.5 Å². The van der Waals surface area contributed by atoms with Crippen LogP contribution in [0.15, 0.2) is 29.6 Å². The summed E-state index contributed by atoms with van der Waals surface area (Å²) in [5.41, 5.74) is 2.53. The van der Waals surface area contributed by atoms with E-state index in [-0.39, 0.29) is 5.82 Å². The third-order valence-corrected chi connectivity index (χ3v) is 3.54. The molecule has 1 heterocycles. The first kappa shape index (κ1) is 11.6. The Morgan fingerprint density at radius 2 is 2.12 bits per heavy atom. The minimum absolute atomic E-state index is 0.166. The highest BCUT2D eigenvalue weighted by atomic mass is 35.5. The van der Waals surface area contributed by atoms with E-state index in [9.17, 15) is 4.39 Å². The van der Waals surface area contributed by atoms with E-state index in [2.05, 4.69) is 6.92 Å². The molecule has 0 N–H and O–H groups in total. The Morgan fingerprint density at radius 3 is 2.69 bits per heavy atom. The first-order chi connectivity index (χ1) is 7.70. The molecule has 0 saturated carbocycles. The Bertz CT molecular complexity index is 490. The van der Waals surface area contributed by atoms with Crippen molar-refractivity contribution in [1.29, 1.82) is 0 Å². The fourth-order valence-corrected chi connectivity index (χ4v) is 2.57. The van der Waals surface area contributed by atoms with E-state index in [0.29, 0.717) is 9.90 Å².